The maximum absolute atomic E-state index is 12.5. The summed E-state index contributed by atoms with van der Waals surface area (Å²) in [7, 11) is 3.45. The van der Waals surface area contributed by atoms with Gasteiger partial charge >= 0.3 is 6.03 Å². The summed E-state index contributed by atoms with van der Waals surface area (Å²) in [6.07, 6.45) is 2.68. The largest absolute Gasteiger partial charge is 0.331 e. The molecule has 1 fully saturated rings. The van der Waals surface area contributed by atoms with Crippen molar-refractivity contribution in [3.8, 4) is 0 Å². The molecule has 1 aliphatic heterocycles. The average molecular weight is 372 g/mol. The Balaban J connectivity index is 1.91. The molecule has 134 valence electrons. The average Bonchev–Trinajstić information content (AvgIpc) is 3.00. The van der Waals surface area contributed by atoms with Crippen LogP contribution in [0.25, 0.3) is 0 Å². The van der Waals surface area contributed by atoms with Gasteiger partial charge in [0, 0.05) is 32.4 Å². The van der Waals surface area contributed by atoms with Crippen LogP contribution < -0.4 is 5.32 Å². The molecule has 1 aromatic heterocycles. The zero-order valence-electron chi connectivity index (χ0n) is 14.6. The number of hydrogen-bond donors (Lipinski definition) is 1. The number of piperidine rings is 1. The molecule has 7 nitrogen and oxygen atoms in total. The molecular formula is C15H25N5O2S2. The van der Waals surface area contributed by atoms with E-state index in [9.17, 15) is 9.59 Å². The molecule has 24 heavy (non-hydrogen) atoms. The van der Waals surface area contributed by atoms with Crippen LogP contribution in [0.15, 0.2) is 4.34 Å². The number of rotatable bonds is 5. The first-order valence-electron chi connectivity index (χ1n) is 8.18. The summed E-state index contributed by atoms with van der Waals surface area (Å²) in [6, 6.07) is -0.0457. The van der Waals surface area contributed by atoms with Crippen LogP contribution in [-0.4, -0.2) is 64.4 Å². The number of anilines is 1. The number of nitrogens with one attached hydrogen (secondary N) is 1. The van der Waals surface area contributed by atoms with Crippen molar-refractivity contribution < 1.29 is 9.59 Å². The third-order valence-electron chi connectivity index (χ3n) is 3.96. The van der Waals surface area contributed by atoms with Crippen molar-refractivity contribution in [1.82, 2.24) is 20.0 Å². The minimum Gasteiger partial charge on any atom is -0.331 e. The number of thioether (sulfide) groups is 1. The zero-order chi connectivity index (χ0) is 17.7. The van der Waals surface area contributed by atoms with Crippen LogP contribution in [-0.2, 0) is 4.79 Å². The van der Waals surface area contributed by atoms with E-state index in [-0.39, 0.29) is 17.9 Å². The molecule has 0 aromatic carbocycles. The van der Waals surface area contributed by atoms with E-state index in [0.717, 1.165) is 23.6 Å². The molecule has 3 amide bonds. The van der Waals surface area contributed by atoms with Gasteiger partial charge in [0.25, 0.3) is 0 Å². The second kappa shape index (κ2) is 8.66. The Hall–Kier alpha value is -1.35. The lowest BCUT2D eigenvalue weighted by molar-refractivity contribution is -0.121. The number of carbonyl (C=O) groups is 2. The Morgan fingerprint density at radius 1 is 1.46 bits per heavy atom. The van der Waals surface area contributed by atoms with Gasteiger partial charge in [-0.3, -0.25) is 4.79 Å². The number of aromatic nitrogens is 2. The predicted octanol–water partition coefficient (Wildman–Crippen LogP) is 2.76. The first-order chi connectivity index (χ1) is 11.4. The predicted molar refractivity (Wildman–Crippen MR) is 97.5 cm³/mol. The van der Waals surface area contributed by atoms with E-state index in [0.29, 0.717) is 23.5 Å². The summed E-state index contributed by atoms with van der Waals surface area (Å²) < 4.78 is 0.868. The minimum atomic E-state index is -0.197. The highest BCUT2D eigenvalue weighted by atomic mass is 32.2. The van der Waals surface area contributed by atoms with Crippen LogP contribution in [0.5, 0.6) is 0 Å². The molecule has 0 radical (unpaired) electrons. The van der Waals surface area contributed by atoms with Crippen LogP contribution in [0.4, 0.5) is 9.93 Å². The Morgan fingerprint density at radius 3 is 2.88 bits per heavy atom. The van der Waals surface area contributed by atoms with Gasteiger partial charge in [0.2, 0.25) is 11.0 Å². The molecule has 0 saturated carbocycles. The van der Waals surface area contributed by atoms with Gasteiger partial charge in [0.05, 0.1) is 5.92 Å². The van der Waals surface area contributed by atoms with E-state index < -0.39 is 0 Å². The van der Waals surface area contributed by atoms with Gasteiger partial charge in [0.1, 0.15) is 0 Å². The van der Waals surface area contributed by atoms with Crippen molar-refractivity contribution in [2.75, 3.05) is 32.5 Å². The normalized spacial score (nSPS) is 19.0. The molecule has 2 atom stereocenters. The lowest BCUT2D eigenvalue weighted by Crippen LogP contribution is -2.47. The SMILES string of the molecule is CC[C@H](C)Sc1nnc(NC(=O)[C@H]2CCCN(C(=O)N(C)C)C2)s1. The fraction of sp³-hybridized carbons (Fsp3) is 0.733. The van der Waals surface area contributed by atoms with Crippen LogP contribution in [0, 0.1) is 5.92 Å². The molecule has 1 N–H and O–H groups in total. The number of urea groups is 1. The fourth-order valence-electron chi connectivity index (χ4n) is 2.42. The van der Waals surface area contributed by atoms with Crippen molar-refractivity contribution >= 4 is 40.2 Å². The van der Waals surface area contributed by atoms with Gasteiger partial charge in [-0.15, -0.1) is 10.2 Å². The highest BCUT2D eigenvalue weighted by Crippen LogP contribution is 2.30. The lowest BCUT2D eigenvalue weighted by atomic mass is 9.97. The van der Waals surface area contributed by atoms with Crippen LogP contribution in [0.3, 0.4) is 0 Å². The molecular weight excluding hydrogens is 346 g/mol. The summed E-state index contributed by atoms with van der Waals surface area (Å²) in [5.74, 6) is -0.278. The fourth-order valence-corrected chi connectivity index (χ4v) is 4.42. The molecule has 1 aliphatic rings. The molecule has 2 heterocycles. The molecule has 2 rings (SSSR count). The summed E-state index contributed by atoms with van der Waals surface area (Å²) in [5.41, 5.74) is 0. The number of amides is 3. The van der Waals surface area contributed by atoms with Gasteiger partial charge in [-0.1, -0.05) is 36.9 Å². The highest BCUT2D eigenvalue weighted by Gasteiger charge is 2.29. The molecule has 0 aliphatic carbocycles. The van der Waals surface area contributed by atoms with Gasteiger partial charge in [-0.05, 0) is 19.3 Å². The smallest absolute Gasteiger partial charge is 0.319 e. The minimum absolute atomic E-state index is 0.0457. The quantitative estimate of drug-likeness (QED) is 0.636. The number of nitrogens with zero attached hydrogens (tertiary/aromatic N) is 4. The van der Waals surface area contributed by atoms with Crippen molar-refractivity contribution in [1.29, 1.82) is 0 Å². The third kappa shape index (κ3) is 5.07. The van der Waals surface area contributed by atoms with E-state index in [2.05, 4.69) is 29.4 Å². The van der Waals surface area contributed by atoms with Gasteiger partial charge in [-0.2, -0.15) is 0 Å². The van der Waals surface area contributed by atoms with Gasteiger partial charge < -0.3 is 15.1 Å². The summed E-state index contributed by atoms with van der Waals surface area (Å²) in [4.78, 5) is 27.8. The zero-order valence-corrected chi connectivity index (χ0v) is 16.2. The highest BCUT2D eigenvalue weighted by molar-refractivity contribution is 8.01. The monoisotopic (exact) mass is 371 g/mol. The summed E-state index contributed by atoms with van der Waals surface area (Å²) in [6.45, 7) is 5.43. The van der Waals surface area contributed by atoms with E-state index in [1.54, 1.807) is 35.7 Å². The Kier molecular flexibility index (Phi) is 6.85. The Labute approximate surface area is 151 Å². The van der Waals surface area contributed by atoms with E-state index in [4.69, 9.17) is 0 Å². The van der Waals surface area contributed by atoms with Crippen molar-refractivity contribution in [2.45, 2.75) is 42.7 Å². The number of likely N-dealkylation sites (tertiary alicyclic amines) is 1. The molecule has 1 aromatic rings. The molecule has 0 bridgehead atoms. The van der Waals surface area contributed by atoms with E-state index >= 15 is 0 Å². The maximum atomic E-state index is 12.5. The first-order valence-corrected chi connectivity index (χ1v) is 9.87. The van der Waals surface area contributed by atoms with Crippen molar-refractivity contribution in [3.05, 3.63) is 0 Å². The summed E-state index contributed by atoms with van der Waals surface area (Å²) >= 11 is 3.07. The topological polar surface area (TPSA) is 78.4 Å². The van der Waals surface area contributed by atoms with Crippen LogP contribution >= 0.6 is 23.1 Å². The molecule has 9 heteroatoms. The van der Waals surface area contributed by atoms with E-state index in [1.807, 2.05) is 0 Å². The van der Waals surface area contributed by atoms with Gasteiger partial charge in [-0.25, -0.2) is 4.79 Å². The Bertz CT molecular complexity index is 578. The lowest BCUT2D eigenvalue weighted by Gasteiger charge is -2.33. The molecule has 0 spiro atoms. The van der Waals surface area contributed by atoms with E-state index in [1.165, 1.54) is 11.3 Å². The van der Waals surface area contributed by atoms with Crippen LogP contribution in [0.2, 0.25) is 0 Å². The molecule has 0 unspecified atom stereocenters. The van der Waals surface area contributed by atoms with Crippen molar-refractivity contribution in [3.63, 3.8) is 0 Å². The van der Waals surface area contributed by atoms with Gasteiger partial charge in [0.15, 0.2) is 4.34 Å². The second-order valence-electron chi connectivity index (χ2n) is 6.16. The molecule has 1 saturated heterocycles. The van der Waals surface area contributed by atoms with Crippen LogP contribution in [0.1, 0.15) is 33.1 Å². The summed E-state index contributed by atoms with van der Waals surface area (Å²) in [5, 5.41) is 12.0. The third-order valence-corrected chi connectivity index (χ3v) is 6.15. The second-order valence-corrected chi connectivity index (χ2v) is 8.82. The standard InChI is InChI=1S/C15H25N5O2S2/c1-5-10(2)23-14-18-17-13(24-14)16-12(21)11-7-6-8-20(9-11)15(22)19(3)4/h10-11H,5-9H2,1-4H3,(H,16,17,21)/t10-,11-/m0/s1. The first kappa shape index (κ1) is 19.0. The van der Waals surface area contributed by atoms with Crippen molar-refractivity contribution in [2.24, 2.45) is 5.92 Å². The number of hydrogen-bond acceptors (Lipinski definition) is 6. The number of carbonyl (C=O) groups excluding carboxylic acids is 2. The Morgan fingerprint density at radius 2 is 2.21 bits per heavy atom. The maximum Gasteiger partial charge on any atom is 0.319 e.